The molecule has 20 heavy (non-hydrogen) atoms. The molecule has 3 nitrogen and oxygen atoms in total. The summed E-state index contributed by atoms with van der Waals surface area (Å²) in [5.41, 5.74) is 1.78. The lowest BCUT2D eigenvalue weighted by atomic mass is 9.89. The number of rotatable bonds is 2. The second-order valence-electron chi connectivity index (χ2n) is 5.75. The zero-order valence-electron chi connectivity index (χ0n) is 11.5. The van der Waals surface area contributed by atoms with E-state index < -0.39 is 0 Å². The molecular formula is C15H19BrFNO2. The molecule has 2 aliphatic rings. The van der Waals surface area contributed by atoms with E-state index in [1.54, 1.807) is 6.07 Å². The van der Waals surface area contributed by atoms with E-state index in [9.17, 15) is 4.39 Å². The van der Waals surface area contributed by atoms with Crippen LogP contribution in [0, 0.1) is 12.7 Å². The fraction of sp³-hybridized carbons (Fsp3) is 0.600. The number of anilines is 1. The zero-order chi connectivity index (χ0) is 14.2. The molecule has 2 atom stereocenters. The molecule has 2 aliphatic heterocycles. The lowest BCUT2D eigenvalue weighted by Crippen LogP contribution is -2.45. The number of benzene rings is 1. The van der Waals surface area contributed by atoms with Gasteiger partial charge in [-0.05, 0) is 53.4 Å². The van der Waals surface area contributed by atoms with Crippen molar-refractivity contribution in [1.82, 2.24) is 0 Å². The van der Waals surface area contributed by atoms with Crippen LogP contribution in [0.3, 0.4) is 0 Å². The molecule has 110 valence electrons. The lowest BCUT2D eigenvalue weighted by Gasteiger charge is -2.38. The Labute approximate surface area is 127 Å². The normalized spacial score (nSPS) is 29.9. The van der Waals surface area contributed by atoms with Crippen LogP contribution in [0.4, 0.5) is 10.1 Å². The minimum atomic E-state index is -0.232. The van der Waals surface area contributed by atoms with Gasteiger partial charge in [-0.15, -0.1) is 0 Å². The summed E-state index contributed by atoms with van der Waals surface area (Å²) in [5.74, 6) is -0.232. The van der Waals surface area contributed by atoms with E-state index in [1.807, 2.05) is 13.0 Å². The summed E-state index contributed by atoms with van der Waals surface area (Å²) in [6.45, 7) is 4.18. The van der Waals surface area contributed by atoms with Crippen LogP contribution >= 0.6 is 15.9 Å². The maximum absolute atomic E-state index is 13.7. The molecule has 0 saturated carbocycles. The zero-order valence-corrected chi connectivity index (χ0v) is 13.1. The molecule has 1 spiro atoms. The van der Waals surface area contributed by atoms with Gasteiger partial charge in [-0.3, -0.25) is 0 Å². The van der Waals surface area contributed by atoms with Crippen LogP contribution in [0.15, 0.2) is 16.6 Å². The van der Waals surface area contributed by atoms with Crippen molar-refractivity contribution >= 4 is 21.6 Å². The third-order valence-corrected chi connectivity index (χ3v) is 4.79. The first-order chi connectivity index (χ1) is 9.58. The van der Waals surface area contributed by atoms with Crippen molar-refractivity contribution in [2.75, 3.05) is 25.1 Å². The average molecular weight is 344 g/mol. The van der Waals surface area contributed by atoms with Gasteiger partial charge in [0.25, 0.3) is 0 Å². The maximum Gasteiger partial charge on any atom is 0.139 e. The Morgan fingerprint density at radius 1 is 1.40 bits per heavy atom. The fourth-order valence-corrected chi connectivity index (χ4v) is 3.49. The van der Waals surface area contributed by atoms with Crippen molar-refractivity contribution in [2.24, 2.45) is 0 Å². The number of halogens is 2. The van der Waals surface area contributed by atoms with Crippen LogP contribution < -0.4 is 5.32 Å². The number of hydrogen-bond acceptors (Lipinski definition) is 3. The van der Waals surface area contributed by atoms with Gasteiger partial charge in [0.05, 0.1) is 16.7 Å². The van der Waals surface area contributed by atoms with Crippen LogP contribution in [0.25, 0.3) is 0 Å². The number of ether oxygens (including phenoxy) is 2. The molecule has 2 unspecified atom stereocenters. The molecule has 5 heteroatoms. The van der Waals surface area contributed by atoms with Crippen molar-refractivity contribution in [2.45, 2.75) is 37.8 Å². The molecule has 3 rings (SSSR count). The molecule has 0 aliphatic carbocycles. The minimum absolute atomic E-state index is 0.127. The molecule has 0 amide bonds. The molecule has 1 N–H and O–H groups in total. The van der Waals surface area contributed by atoms with Crippen molar-refractivity contribution in [3.63, 3.8) is 0 Å². The summed E-state index contributed by atoms with van der Waals surface area (Å²) in [7, 11) is 0. The van der Waals surface area contributed by atoms with Gasteiger partial charge in [-0.1, -0.05) is 0 Å². The Hall–Kier alpha value is -0.650. The van der Waals surface area contributed by atoms with Crippen molar-refractivity contribution in [3.8, 4) is 0 Å². The van der Waals surface area contributed by atoms with E-state index in [4.69, 9.17) is 9.47 Å². The van der Waals surface area contributed by atoms with Gasteiger partial charge in [0, 0.05) is 31.4 Å². The van der Waals surface area contributed by atoms with Crippen LogP contribution in [0.1, 0.15) is 24.8 Å². The first-order valence-corrected chi connectivity index (χ1v) is 7.81. The highest BCUT2D eigenvalue weighted by molar-refractivity contribution is 9.10. The number of nitrogens with one attached hydrogen (secondary N) is 1. The molecule has 2 fully saturated rings. The Morgan fingerprint density at radius 2 is 2.25 bits per heavy atom. The highest BCUT2D eigenvalue weighted by atomic mass is 79.9. The second-order valence-corrected chi connectivity index (χ2v) is 6.60. The summed E-state index contributed by atoms with van der Waals surface area (Å²) in [4.78, 5) is 0. The average Bonchev–Trinajstić information content (AvgIpc) is 2.84. The maximum atomic E-state index is 13.7. The van der Waals surface area contributed by atoms with Gasteiger partial charge in [-0.2, -0.15) is 0 Å². The Bertz CT molecular complexity index is 503. The molecule has 2 saturated heterocycles. The molecule has 0 aromatic heterocycles. The Morgan fingerprint density at radius 3 is 3.00 bits per heavy atom. The topological polar surface area (TPSA) is 30.5 Å². The highest BCUT2D eigenvalue weighted by Gasteiger charge is 2.41. The van der Waals surface area contributed by atoms with Crippen LogP contribution in [-0.2, 0) is 9.47 Å². The smallest absolute Gasteiger partial charge is 0.139 e. The van der Waals surface area contributed by atoms with Gasteiger partial charge >= 0.3 is 0 Å². The van der Waals surface area contributed by atoms with Crippen LogP contribution in [0.5, 0.6) is 0 Å². The summed E-state index contributed by atoms with van der Waals surface area (Å²) in [6.07, 6.45) is 2.82. The summed E-state index contributed by atoms with van der Waals surface area (Å²) >= 11 is 3.21. The van der Waals surface area contributed by atoms with E-state index in [-0.39, 0.29) is 11.4 Å². The first kappa shape index (κ1) is 14.3. The first-order valence-electron chi connectivity index (χ1n) is 7.02. The van der Waals surface area contributed by atoms with E-state index in [2.05, 4.69) is 21.2 Å². The van der Waals surface area contributed by atoms with Crippen molar-refractivity contribution in [3.05, 3.63) is 28.0 Å². The lowest BCUT2D eigenvalue weighted by molar-refractivity contribution is -0.0828. The van der Waals surface area contributed by atoms with Gasteiger partial charge in [-0.25, -0.2) is 4.39 Å². The van der Waals surface area contributed by atoms with Crippen LogP contribution in [0.2, 0.25) is 0 Å². The van der Waals surface area contributed by atoms with E-state index >= 15 is 0 Å². The molecule has 1 aromatic rings. The predicted octanol–water partition coefficient (Wildman–Crippen LogP) is 3.65. The quantitative estimate of drug-likeness (QED) is 0.889. The van der Waals surface area contributed by atoms with Gasteiger partial charge in [0.15, 0.2) is 0 Å². The Balaban J connectivity index is 1.73. The number of aryl methyl sites for hydroxylation is 1. The summed E-state index contributed by atoms with van der Waals surface area (Å²) < 4.78 is 25.6. The summed E-state index contributed by atoms with van der Waals surface area (Å²) in [5, 5.41) is 3.47. The predicted molar refractivity (Wildman–Crippen MR) is 79.6 cm³/mol. The van der Waals surface area contributed by atoms with Gasteiger partial charge in [0.1, 0.15) is 5.82 Å². The third kappa shape index (κ3) is 2.85. The molecule has 0 radical (unpaired) electrons. The van der Waals surface area contributed by atoms with Gasteiger partial charge < -0.3 is 14.8 Å². The van der Waals surface area contributed by atoms with E-state index in [0.29, 0.717) is 17.1 Å². The standard InChI is InChI=1S/C15H19BrFNO2/c1-10-6-12(16)13(17)7-14(10)18-11-2-4-20-15(8-11)3-5-19-9-15/h6-7,11,18H,2-5,8-9H2,1H3. The number of hydrogen-bond donors (Lipinski definition) is 1. The van der Waals surface area contributed by atoms with Gasteiger partial charge in [0.2, 0.25) is 0 Å². The monoisotopic (exact) mass is 343 g/mol. The molecular weight excluding hydrogens is 325 g/mol. The fourth-order valence-electron chi connectivity index (χ4n) is 3.04. The van der Waals surface area contributed by atoms with E-state index in [0.717, 1.165) is 43.7 Å². The van der Waals surface area contributed by atoms with E-state index in [1.165, 1.54) is 0 Å². The largest absolute Gasteiger partial charge is 0.382 e. The van der Waals surface area contributed by atoms with Crippen molar-refractivity contribution in [1.29, 1.82) is 0 Å². The molecule has 0 bridgehead atoms. The SMILES string of the molecule is Cc1cc(Br)c(F)cc1NC1CCOC2(CCOC2)C1. The second kappa shape index (κ2) is 5.62. The minimum Gasteiger partial charge on any atom is -0.382 e. The third-order valence-electron chi connectivity index (χ3n) is 4.19. The van der Waals surface area contributed by atoms with Crippen molar-refractivity contribution < 1.29 is 13.9 Å². The molecule has 2 heterocycles. The Kier molecular flexibility index (Phi) is 4.02. The van der Waals surface area contributed by atoms with Crippen LogP contribution in [-0.4, -0.2) is 31.5 Å². The summed E-state index contributed by atoms with van der Waals surface area (Å²) in [6, 6.07) is 3.68. The molecule has 1 aromatic carbocycles. The highest BCUT2D eigenvalue weighted by Crippen LogP contribution is 2.34.